The largest absolute Gasteiger partial charge is 0.399 e. The summed E-state index contributed by atoms with van der Waals surface area (Å²) >= 11 is 0. The number of fused-ring (bicyclic) bond motifs is 1. The monoisotopic (exact) mass is 161 g/mol. The van der Waals surface area contributed by atoms with Gasteiger partial charge in [-0.05, 0) is 18.2 Å². The van der Waals surface area contributed by atoms with E-state index in [9.17, 15) is 4.79 Å². The molecule has 1 heterocycles. The number of hydrogen-bond acceptors (Lipinski definition) is 3. The zero-order valence-electron chi connectivity index (χ0n) is 6.24. The van der Waals surface area contributed by atoms with Crippen LogP contribution in [0.1, 0.15) is 10.5 Å². The van der Waals surface area contributed by atoms with E-state index >= 15 is 0 Å². The fourth-order valence-corrected chi connectivity index (χ4v) is 1.14. The predicted octanol–water partition coefficient (Wildman–Crippen LogP) is 0.958. The minimum Gasteiger partial charge on any atom is -0.399 e. The molecule has 0 aliphatic rings. The summed E-state index contributed by atoms with van der Waals surface area (Å²) in [5.74, 6) is 0. The van der Waals surface area contributed by atoms with Crippen molar-refractivity contribution in [2.45, 2.75) is 0 Å². The van der Waals surface area contributed by atoms with Crippen LogP contribution in [0.4, 0.5) is 5.69 Å². The van der Waals surface area contributed by atoms with E-state index in [0.717, 1.165) is 17.2 Å². The predicted molar refractivity (Wildman–Crippen MR) is 45.9 cm³/mol. The molecule has 2 rings (SSSR count). The highest BCUT2D eigenvalue weighted by atomic mass is 16.1. The van der Waals surface area contributed by atoms with Crippen LogP contribution in [0.3, 0.4) is 0 Å². The molecule has 0 saturated carbocycles. The molecule has 4 heteroatoms. The molecule has 0 aliphatic heterocycles. The second kappa shape index (κ2) is 2.34. The van der Waals surface area contributed by atoms with Crippen molar-refractivity contribution in [1.29, 1.82) is 0 Å². The van der Waals surface area contributed by atoms with Crippen molar-refractivity contribution in [3.8, 4) is 0 Å². The zero-order chi connectivity index (χ0) is 8.55. The normalized spacial score (nSPS) is 10.3. The summed E-state index contributed by atoms with van der Waals surface area (Å²) in [6, 6.07) is 5.24. The van der Waals surface area contributed by atoms with Gasteiger partial charge in [0.05, 0.1) is 5.52 Å². The lowest BCUT2D eigenvalue weighted by Crippen LogP contribution is -1.84. The van der Waals surface area contributed by atoms with Gasteiger partial charge in [0.1, 0.15) is 5.69 Å². The van der Waals surface area contributed by atoms with Crippen molar-refractivity contribution >= 4 is 22.9 Å². The SMILES string of the molecule is Nc1ccc2n[nH]c(C=O)c2c1. The quantitative estimate of drug-likeness (QED) is 0.483. The molecule has 0 aliphatic carbocycles. The number of nitrogens with two attached hydrogens (primary N) is 1. The number of rotatable bonds is 1. The minimum absolute atomic E-state index is 0.470. The summed E-state index contributed by atoms with van der Waals surface area (Å²) in [6.45, 7) is 0. The Hall–Kier alpha value is -1.84. The number of hydrogen-bond donors (Lipinski definition) is 2. The Kier molecular flexibility index (Phi) is 1.33. The fourth-order valence-electron chi connectivity index (χ4n) is 1.14. The molecule has 0 bridgehead atoms. The Morgan fingerprint density at radius 1 is 1.50 bits per heavy atom. The molecule has 0 atom stereocenters. The Labute approximate surface area is 68.4 Å². The number of H-pyrrole nitrogens is 1. The molecule has 0 spiro atoms. The number of carbonyl (C=O) groups excluding carboxylic acids is 1. The average molecular weight is 161 g/mol. The maximum atomic E-state index is 10.5. The molecule has 3 N–H and O–H groups in total. The van der Waals surface area contributed by atoms with Crippen LogP contribution in [-0.4, -0.2) is 16.5 Å². The van der Waals surface area contributed by atoms with E-state index in [0.29, 0.717) is 11.4 Å². The third kappa shape index (κ3) is 0.852. The highest BCUT2D eigenvalue weighted by Crippen LogP contribution is 2.17. The fraction of sp³-hybridized carbons (Fsp3) is 0. The molecule has 0 fully saturated rings. The van der Waals surface area contributed by atoms with Crippen molar-refractivity contribution in [3.63, 3.8) is 0 Å². The van der Waals surface area contributed by atoms with E-state index in [2.05, 4.69) is 10.2 Å². The number of nitrogens with zero attached hydrogens (tertiary/aromatic N) is 1. The van der Waals surface area contributed by atoms with Crippen LogP contribution < -0.4 is 5.73 Å². The maximum absolute atomic E-state index is 10.5. The molecular weight excluding hydrogens is 154 g/mol. The number of nitrogens with one attached hydrogen (secondary N) is 1. The van der Waals surface area contributed by atoms with Crippen molar-refractivity contribution in [2.24, 2.45) is 0 Å². The molecule has 1 aromatic carbocycles. The summed E-state index contributed by atoms with van der Waals surface area (Å²) in [5, 5.41) is 7.30. The summed E-state index contributed by atoms with van der Waals surface area (Å²) in [6.07, 6.45) is 0.731. The number of benzene rings is 1. The first kappa shape index (κ1) is 6.84. The highest BCUT2D eigenvalue weighted by molar-refractivity contribution is 5.96. The maximum Gasteiger partial charge on any atom is 0.168 e. The van der Waals surface area contributed by atoms with Crippen LogP contribution in [-0.2, 0) is 0 Å². The Balaban J connectivity index is 2.83. The number of aldehydes is 1. The topological polar surface area (TPSA) is 71.8 Å². The van der Waals surface area contributed by atoms with Crippen molar-refractivity contribution in [1.82, 2.24) is 10.2 Å². The van der Waals surface area contributed by atoms with Gasteiger partial charge >= 0.3 is 0 Å². The third-order valence-electron chi connectivity index (χ3n) is 1.73. The molecule has 0 radical (unpaired) electrons. The van der Waals surface area contributed by atoms with Gasteiger partial charge in [-0.15, -0.1) is 0 Å². The van der Waals surface area contributed by atoms with E-state index < -0.39 is 0 Å². The average Bonchev–Trinajstić information content (AvgIpc) is 2.46. The van der Waals surface area contributed by atoms with E-state index in [4.69, 9.17) is 5.73 Å². The van der Waals surface area contributed by atoms with Crippen LogP contribution in [0, 0.1) is 0 Å². The molecule has 0 unspecified atom stereocenters. The molecule has 12 heavy (non-hydrogen) atoms. The minimum atomic E-state index is 0.470. The first-order valence-electron chi connectivity index (χ1n) is 3.50. The van der Waals surface area contributed by atoms with E-state index in [-0.39, 0.29) is 0 Å². The second-order valence-electron chi connectivity index (χ2n) is 2.53. The Bertz CT molecular complexity index is 433. The number of aromatic nitrogens is 2. The number of nitrogen functional groups attached to an aromatic ring is 1. The second-order valence-corrected chi connectivity index (χ2v) is 2.53. The van der Waals surface area contributed by atoms with E-state index in [1.54, 1.807) is 18.2 Å². The molecule has 1 aromatic heterocycles. The summed E-state index contributed by atoms with van der Waals surface area (Å²) in [4.78, 5) is 10.5. The van der Waals surface area contributed by atoms with Crippen molar-refractivity contribution < 1.29 is 4.79 Å². The Morgan fingerprint density at radius 3 is 3.08 bits per heavy atom. The molecule has 0 saturated heterocycles. The van der Waals surface area contributed by atoms with Crippen LogP contribution in [0.5, 0.6) is 0 Å². The summed E-state index contributed by atoms with van der Waals surface area (Å²) in [7, 11) is 0. The molecule has 0 amide bonds. The van der Waals surface area contributed by atoms with Crippen LogP contribution in [0.2, 0.25) is 0 Å². The smallest absolute Gasteiger partial charge is 0.168 e. The number of anilines is 1. The van der Waals surface area contributed by atoms with Gasteiger partial charge in [0, 0.05) is 11.1 Å². The van der Waals surface area contributed by atoms with Gasteiger partial charge in [-0.3, -0.25) is 9.89 Å². The zero-order valence-corrected chi connectivity index (χ0v) is 6.24. The van der Waals surface area contributed by atoms with E-state index in [1.807, 2.05) is 0 Å². The third-order valence-corrected chi connectivity index (χ3v) is 1.73. The standard InChI is InChI=1S/C8H7N3O/c9-5-1-2-7-6(3-5)8(4-12)11-10-7/h1-4H,9H2,(H,10,11). The van der Waals surface area contributed by atoms with Gasteiger partial charge in [-0.2, -0.15) is 5.10 Å². The van der Waals surface area contributed by atoms with Crippen LogP contribution in [0.15, 0.2) is 18.2 Å². The lowest BCUT2D eigenvalue weighted by Gasteiger charge is -1.91. The highest BCUT2D eigenvalue weighted by Gasteiger charge is 2.02. The Morgan fingerprint density at radius 2 is 2.33 bits per heavy atom. The summed E-state index contributed by atoms with van der Waals surface area (Å²) < 4.78 is 0. The molecule has 60 valence electrons. The molecule has 2 aromatic rings. The van der Waals surface area contributed by atoms with Crippen LogP contribution >= 0.6 is 0 Å². The van der Waals surface area contributed by atoms with E-state index in [1.165, 1.54) is 0 Å². The van der Waals surface area contributed by atoms with Crippen molar-refractivity contribution in [3.05, 3.63) is 23.9 Å². The van der Waals surface area contributed by atoms with Gasteiger partial charge in [0.2, 0.25) is 0 Å². The van der Waals surface area contributed by atoms with Gasteiger partial charge in [0.25, 0.3) is 0 Å². The lowest BCUT2D eigenvalue weighted by atomic mass is 10.2. The van der Waals surface area contributed by atoms with Gasteiger partial charge in [-0.25, -0.2) is 0 Å². The van der Waals surface area contributed by atoms with Gasteiger partial charge in [-0.1, -0.05) is 0 Å². The first-order chi connectivity index (χ1) is 5.81. The lowest BCUT2D eigenvalue weighted by molar-refractivity contribution is 0.112. The number of aromatic amines is 1. The number of carbonyl (C=O) groups is 1. The summed E-state index contributed by atoms with van der Waals surface area (Å²) in [5.41, 5.74) is 7.41. The van der Waals surface area contributed by atoms with Gasteiger partial charge in [0.15, 0.2) is 6.29 Å². The van der Waals surface area contributed by atoms with Gasteiger partial charge < -0.3 is 5.73 Å². The van der Waals surface area contributed by atoms with Crippen LogP contribution in [0.25, 0.3) is 10.9 Å². The van der Waals surface area contributed by atoms with Crippen molar-refractivity contribution in [2.75, 3.05) is 5.73 Å². The first-order valence-corrected chi connectivity index (χ1v) is 3.50. The molecule has 4 nitrogen and oxygen atoms in total. The molecular formula is C8H7N3O.